The highest BCUT2D eigenvalue weighted by molar-refractivity contribution is 5.27. The summed E-state index contributed by atoms with van der Waals surface area (Å²) in [6.45, 7) is 9.20. The van der Waals surface area contributed by atoms with E-state index < -0.39 is 0 Å². The predicted octanol–water partition coefficient (Wildman–Crippen LogP) is 5.92. The molecule has 0 aromatic heterocycles. The highest BCUT2D eigenvalue weighted by atomic mass is 16.5. The lowest BCUT2D eigenvalue weighted by molar-refractivity contribution is 0.128. The number of nitrogens with zero attached hydrogens (tertiary/aromatic N) is 1. The summed E-state index contributed by atoms with van der Waals surface area (Å²) in [5, 5.41) is 8.46. The molecule has 140 valence electrons. The number of rotatable bonds is 13. The molecule has 0 atom stereocenters. The van der Waals surface area contributed by atoms with Crippen LogP contribution in [0.1, 0.15) is 71.3 Å². The molecule has 0 aliphatic rings. The van der Waals surface area contributed by atoms with Gasteiger partial charge in [-0.1, -0.05) is 39.3 Å². The van der Waals surface area contributed by atoms with Crippen LogP contribution in [-0.4, -0.2) is 19.8 Å². The summed E-state index contributed by atoms with van der Waals surface area (Å²) >= 11 is 0. The van der Waals surface area contributed by atoms with Gasteiger partial charge in [0, 0.05) is 19.6 Å². The number of nitriles is 1. The first kappa shape index (κ1) is 21.5. The Bertz CT molecular complexity index is 482. The van der Waals surface area contributed by atoms with Crippen LogP contribution < -0.4 is 4.74 Å². The van der Waals surface area contributed by atoms with Gasteiger partial charge in [-0.05, 0) is 61.6 Å². The topological polar surface area (TPSA) is 42.2 Å². The number of unbranched alkanes of at least 4 members (excludes halogenated alkanes) is 3. The number of aryl methyl sites for hydroxylation is 1. The summed E-state index contributed by atoms with van der Waals surface area (Å²) in [5.41, 5.74) is 1.71. The zero-order chi connectivity index (χ0) is 18.4. The van der Waals surface area contributed by atoms with Gasteiger partial charge in [0.2, 0.25) is 0 Å². The minimum absolute atomic E-state index is 0.381. The normalized spacial score (nSPS) is 11.3. The van der Waals surface area contributed by atoms with Crippen molar-refractivity contribution >= 4 is 0 Å². The maximum absolute atomic E-state index is 8.46. The minimum Gasteiger partial charge on any atom is -0.494 e. The van der Waals surface area contributed by atoms with Crippen LogP contribution >= 0.6 is 0 Å². The molecule has 0 amide bonds. The summed E-state index contributed by atoms with van der Waals surface area (Å²) in [6, 6.07) is 10.6. The van der Waals surface area contributed by atoms with E-state index in [-0.39, 0.29) is 0 Å². The van der Waals surface area contributed by atoms with Gasteiger partial charge in [0.05, 0.1) is 12.7 Å². The summed E-state index contributed by atoms with van der Waals surface area (Å²) < 4.78 is 11.5. The molecular weight excluding hydrogens is 310 g/mol. The van der Waals surface area contributed by atoms with Crippen molar-refractivity contribution in [3.8, 4) is 11.8 Å². The van der Waals surface area contributed by atoms with Crippen molar-refractivity contribution in [1.29, 1.82) is 5.26 Å². The van der Waals surface area contributed by atoms with Crippen LogP contribution in [0.25, 0.3) is 0 Å². The Labute approximate surface area is 154 Å². The second-order valence-electron chi connectivity index (χ2n) is 7.84. The van der Waals surface area contributed by atoms with Gasteiger partial charge in [-0.25, -0.2) is 0 Å². The van der Waals surface area contributed by atoms with Crippen LogP contribution in [0.15, 0.2) is 24.3 Å². The molecule has 0 fully saturated rings. The molecule has 0 unspecified atom stereocenters. The lowest BCUT2D eigenvalue weighted by Crippen LogP contribution is -2.07. The van der Waals surface area contributed by atoms with E-state index in [2.05, 4.69) is 51.1 Å². The Morgan fingerprint density at radius 2 is 1.60 bits per heavy atom. The fraction of sp³-hybridized carbons (Fsp3) is 0.682. The van der Waals surface area contributed by atoms with E-state index in [0.717, 1.165) is 64.1 Å². The fourth-order valence-electron chi connectivity index (χ4n) is 2.61. The van der Waals surface area contributed by atoms with Gasteiger partial charge < -0.3 is 9.47 Å². The SMILES string of the molecule is CC(C)(C)CCCOc1ccc(CCCOCCCCCC#N)cc1. The molecule has 0 saturated carbocycles. The Balaban J connectivity index is 2.05. The van der Waals surface area contributed by atoms with Gasteiger partial charge in [-0.3, -0.25) is 0 Å². The Hall–Kier alpha value is -1.53. The summed E-state index contributed by atoms with van der Waals surface area (Å²) in [7, 11) is 0. The van der Waals surface area contributed by atoms with Crippen LogP contribution in [0.5, 0.6) is 5.75 Å². The summed E-state index contributed by atoms with van der Waals surface area (Å²) in [6.07, 6.45) is 8.17. The molecule has 0 radical (unpaired) electrons. The van der Waals surface area contributed by atoms with E-state index in [1.54, 1.807) is 0 Å². The van der Waals surface area contributed by atoms with Gasteiger partial charge in [-0.15, -0.1) is 0 Å². The molecule has 1 aromatic rings. The Morgan fingerprint density at radius 3 is 2.28 bits per heavy atom. The molecule has 0 spiro atoms. The van der Waals surface area contributed by atoms with Crippen LogP contribution in [-0.2, 0) is 11.2 Å². The predicted molar refractivity (Wildman–Crippen MR) is 104 cm³/mol. The third-order valence-corrected chi connectivity index (χ3v) is 4.09. The molecule has 3 heteroatoms. The Morgan fingerprint density at radius 1 is 0.880 bits per heavy atom. The molecular formula is C22H35NO2. The Kier molecular flexibility index (Phi) is 11.0. The van der Waals surface area contributed by atoms with E-state index in [0.29, 0.717) is 11.8 Å². The van der Waals surface area contributed by atoms with Crippen LogP contribution in [0.2, 0.25) is 0 Å². The fourth-order valence-corrected chi connectivity index (χ4v) is 2.61. The quantitative estimate of drug-likeness (QED) is 0.416. The van der Waals surface area contributed by atoms with Crippen molar-refractivity contribution in [2.75, 3.05) is 19.8 Å². The van der Waals surface area contributed by atoms with Crippen molar-refractivity contribution in [3.05, 3.63) is 29.8 Å². The van der Waals surface area contributed by atoms with Gasteiger partial charge in [0.15, 0.2) is 0 Å². The van der Waals surface area contributed by atoms with Crippen molar-refractivity contribution in [2.24, 2.45) is 5.41 Å². The number of ether oxygens (including phenoxy) is 2. The molecule has 1 rings (SSSR count). The van der Waals surface area contributed by atoms with Crippen LogP contribution in [0, 0.1) is 16.7 Å². The molecule has 0 aliphatic carbocycles. The summed E-state index contributed by atoms with van der Waals surface area (Å²) in [5.74, 6) is 0.964. The lowest BCUT2D eigenvalue weighted by atomic mass is 9.91. The average molecular weight is 346 g/mol. The van der Waals surface area contributed by atoms with E-state index in [1.807, 2.05) is 0 Å². The largest absolute Gasteiger partial charge is 0.494 e. The third-order valence-electron chi connectivity index (χ3n) is 4.09. The standard InChI is InChI=1S/C22H35NO2/c1-22(2,3)15-9-19-25-21-13-11-20(12-14-21)10-8-18-24-17-7-5-4-6-16-23/h11-14H,4-10,15,17-19H2,1-3H3. The smallest absolute Gasteiger partial charge is 0.119 e. The lowest BCUT2D eigenvalue weighted by Gasteiger charge is -2.17. The van der Waals surface area contributed by atoms with Gasteiger partial charge in [-0.2, -0.15) is 5.26 Å². The molecule has 1 aromatic carbocycles. The second-order valence-corrected chi connectivity index (χ2v) is 7.84. The number of benzene rings is 1. The number of hydrogen-bond acceptors (Lipinski definition) is 3. The van der Waals surface area contributed by atoms with Crippen molar-refractivity contribution < 1.29 is 9.47 Å². The first-order valence-electron chi connectivity index (χ1n) is 9.68. The molecule has 0 heterocycles. The van der Waals surface area contributed by atoms with Gasteiger partial charge in [0.1, 0.15) is 5.75 Å². The van der Waals surface area contributed by atoms with E-state index in [1.165, 1.54) is 12.0 Å². The molecule has 0 aliphatic heterocycles. The van der Waals surface area contributed by atoms with Crippen molar-refractivity contribution in [1.82, 2.24) is 0 Å². The zero-order valence-electron chi connectivity index (χ0n) is 16.4. The van der Waals surface area contributed by atoms with Gasteiger partial charge >= 0.3 is 0 Å². The van der Waals surface area contributed by atoms with E-state index >= 15 is 0 Å². The molecule has 0 N–H and O–H groups in total. The maximum atomic E-state index is 8.46. The van der Waals surface area contributed by atoms with Gasteiger partial charge in [0.25, 0.3) is 0 Å². The van der Waals surface area contributed by atoms with Crippen molar-refractivity contribution in [3.63, 3.8) is 0 Å². The average Bonchev–Trinajstić information content (AvgIpc) is 2.57. The molecule has 0 bridgehead atoms. The molecule has 25 heavy (non-hydrogen) atoms. The molecule has 3 nitrogen and oxygen atoms in total. The third kappa shape index (κ3) is 12.5. The number of hydrogen-bond donors (Lipinski definition) is 0. The van der Waals surface area contributed by atoms with E-state index in [9.17, 15) is 0 Å². The highest BCUT2D eigenvalue weighted by Gasteiger charge is 2.09. The highest BCUT2D eigenvalue weighted by Crippen LogP contribution is 2.21. The maximum Gasteiger partial charge on any atom is 0.119 e. The monoisotopic (exact) mass is 345 g/mol. The first-order valence-corrected chi connectivity index (χ1v) is 9.68. The van der Waals surface area contributed by atoms with Crippen LogP contribution in [0.3, 0.4) is 0 Å². The van der Waals surface area contributed by atoms with Crippen LogP contribution in [0.4, 0.5) is 0 Å². The first-order chi connectivity index (χ1) is 12.0. The minimum atomic E-state index is 0.381. The summed E-state index contributed by atoms with van der Waals surface area (Å²) in [4.78, 5) is 0. The van der Waals surface area contributed by atoms with E-state index in [4.69, 9.17) is 14.7 Å². The molecule has 0 saturated heterocycles. The van der Waals surface area contributed by atoms with Crippen molar-refractivity contribution in [2.45, 2.75) is 72.1 Å². The second kappa shape index (κ2) is 12.8. The zero-order valence-corrected chi connectivity index (χ0v) is 16.4.